The number of morpholine rings is 1. The zero-order chi connectivity index (χ0) is 9.47. The van der Waals surface area contributed by atoms with Crippen molar-refractivity contribution in [2.24, 2.45) is 0 Å². The van der Waals surface area contributed by atoms with Crippen LogP contribution in [0.1, 0.15) is 0 Å². The highest BCUT2D eigenvalue weighted by atomic mass is 32.2. The maximum atomic E-state index is 5.88. The van der Waals surface area contributed by atoms with Crippen molar-refractivity contribution in [2.45, 2.75) is 5.60 Å². The Labute approximate surface area is 83.5 Å². The second kappa shape index (κ2) is 3.42. The summed E-state index contributed by atoms with van der Waals surface area (Å²) in [6.07, 6.45) is 4.63. The first-order chi connectivity index (χ1) is 6.11. The monoisotopic (exact) mass is 204 g/mol. The lowest BCUT2D eigenvalue weighted by atomic mass is 9.95. The van der Waals surface area contributed by atoms with Gasteiger partial charge in [0.2, 0.25) is 0 Å². The van der Waals surface area contributed by atoms with Crippen LogP contribution in [0, 0.1) is 0 Å². The molecule has 0 saturated carbocycles. The summed E-state index contributed by atoms with van der Waals surface area (Å²) in [5, 5.41) is 0. The van der Waals surface area contributed by atoms with Crippen molar-refractivity contribution < 1.29 is 4.74 Å². The van der Waals surface area contributed by atoms with Gasteiger partial charge in [-0.3, -0.25) is 4.31 Å². The average molecular weight is 204 g/mol. The Morgan fingerprint density at radius 1 is 1.23 bits per heavy atom. The first-order valence-electron chi connectivity index (χ1n) is 4.86. The lowest BCUT2D eigenvalue weighted by Crippen LogP contribution is -2.68. The summed E-state index contributed by atoms with van der Waals surface area (Å²) in [5.41, 5.74) is 0.194. The van der Waals surface area contributed by atoms with E-state index in [2.05, 4.69) is 28.8 Å². The van der Waals surface area contributed by atoms with E-state index in [9.17, 15) is 0 Å². The van der Waals surface area contributed by atoms with Crippen LogP contribution in [0.2, 0.25) is 0 Å². The molecule has 13 heavy (non-hydrogen) atoms. The van der Waals surface area contributed by atoms with Gasteiger partial charge in [-0.15, -0.1) is 0 Å². The van der Waals surface area contributed by atoms with Crippen LogP contribution < -0.4 is 0 Å². The fourth-order valence-corrected chi connectivity index (χ4v) is 3.21. The van der Waals surface area contributed by atoms with E-state index in [1.54, 1.807) is 0 Å². The lowest BCUT2D eigenvalue weighted by Gasteiger charge is -2.55. The van der Waals surface area contributed by atoms with E-state index >= 15 is 0 Å². The quantitative estimate of drug-likeness (QED) is 0.614. The molecule has 0 unspecified atom stereocenters. The molecule has 2 heterocycles. The van der Waals surface area contributed by atoms with Crippen molar-refractivity contribution in [3.8, 4) is 0 Å². The largest absolute Gasteiger partial charge is 0.370 e. The number of nitrogens with zero attached hydrogens (tertiary/aromatic N) is 2. The highest BCUT2D eigenvalue weighted by Crippen LogP contribution is 2.37. The standard InChI is InChI=1S/C9H20N2OS/c1-10-4-5-12-9(6-10)7-11(8-9)13(2)3/h13H,4-8H2,1-3H3. The first kappa shape index (κ1) is 9.77. The van der Waals surface area contributed by atoms with E-state index in [4.69, 9.17) is 4.74 Å². The molecule has 78 valence electrons. The Morgan fingerprint density at radius 3 is 2.46 bits per heavy atom. The number of hydrogen-bond acceptors (Lipinski definition) is 3. The fourth-order valence-electron chi connectivity index (χ4n) is 2.13. The predicted octanol–water partition coefficient (Wildman–Crippen LogP) is 0.179. The van der Waals surface area contributed by atoms with E-state index in [1.165, 1.54) is 0 Å². The van der Waals surface area contributed by atoms with Crippen molar-refractivity contribution >= 4 is 11.1 Å². The predicted molar refractivity (Wildman–Crippen MR) is 58.6 cm³/mol. The van der Waals surface area contributed by atoms with Gasteiger partial charge in [0.25, 0.3) is 0 Å². The zero-order valence-electron chi connectivity index (χ0n) is 8.79. The smallest absolute Gasteiger partial charge is 0.108 e. The fraction of sp³-hybridized carbons (Fsp3) is 1.00. The Bertz CT molecular complexity index is 192. The van der Waals surface area contributed by atoms with Gasteiger partial charge in [-0.1, -0.05) is 0 Å². The molecular formula is C9H20N2OS. The lowest BCUT2D eigenvalue weighted by molar-refractivity contribution is -0.156. The van der Waals surface area contributed by atoms with Crippen LogP contribution in [0.25, 0.3) is 0 Å². The first-order valence-corrected chi connectivity index (χ1v) is 7.05. The number of thiol groups is 1. The molecule has 2 saturated heterocycles. The maximum Gasteiger partial charge on any atom is 0.108 e. The summed E-state index contributed by atoms with van der Waals surface area (Å²) < 4.78 is 8.42. The SMILES string of the molecule is CN1CCOC2(C1)CN([SH](C)C)C2. The molecule has 0 aromatic rings. The summed E-state index contributed by atoms with van der Waals surface area (Å²) in [6, 6.07) is 0. The van der Waals surface area contributed by atoms with Crippen LogP contribution in [0.3, 0.4) is 0 Å². The van der Waals surface area contributed by atoms with Crippen molar-refractivity contribution in [1.29, 1.82) is 0 Å². The second-order valence-electron chi connectivity index (χ2n) is 4.44. The van der Waals surface area contributed by atoms with Crippen molar-refractivity contribution in [3.63, 3.8) is 0 Å². The summed E-state index contributed by atoms with van der Waals surface area (Å²) >= 11 is 0.0948. The van der Waals surface area contributed by atoms with Gasteiger partial charge >= 0.3 is 0 Å². The molecule has 0 aromatic carbocycles. The summed E-state index contributed by atoms with van der Waals surface area (Å²) in [5.74, 6) is 0. The molecule has 0 atom stereocenters. The van der Waals surface area contributed by atoms with Crippen LogP contribution in [-0.2, 0) is 4.74 Å². The summed E-state index contributed by atoms with van der Waals surface area (Å²) in [4.78, 5) is 2.38. The van der Waals surface area contributed by atoms with Crippen LogP contribution in [0.15, 0.2) is 0 Å². The molecular weight excluding hydrogens is 184 g/mol. The maximum absolute atomic E-state index is 5.88. The molecule has 3 nitrogen and oxygen atoms in total. The van der Waals surface area contributed by atoms with Gasteiger partial charge in [0.05, 0.1) is 6.61 Å². The van der Waals surface area contributed by atoms with Crippen LogP contribution in [0.4, 0.5) is 0 Å². The molecule has 0 aromatic heterocycles. The van der Waals surface area contributed by atoms with Crippen molar-refractivity contribution in [1.82, 2.24) is 9.21 Å². The molecule has 2 aliphatic heterocycles. The molecule has 2 rings (SSSR count). The van der Waals surface area contributed by atoms with Gasteiger partial charge in [-0.25, -0.2) is 11.1 Å². The number of ether oxygens (including phenoxy) is 1. The molecule has 2 fully saturated rings. The highest BCUT2D eigenvalue weighted by molar-refractivity contribution is 8.13. The minimum Gasteiger partial charge on any atom is -0.370 e. The van der Waals surface area contributed by atoms with Crippen LogP contribution >= 0.6 is 11.1 Å². The van der Waals surface area contributed by atoms with Gasteiger partial charge in [0.1, 0.15) is 5.60 Å². The van der Waals surface area contributed by atoms with E-state index < -0.39 is 0 Å². The molecule has 1 spiro atoms. The van der Waals surface area contributed by atoms with E-state index in [0.29, 0.717) is 0 Å². The third-order valence-corrected chi connectivity index (χ3v) is 4.36. The Morgan fingerprint density at radius 2 is 1.92 bits per heavy atom. The normalized spacial score (nSPS) is 30.2. The Kier molecular flexibility index (Phi) is 2.57. The molecule has 0 radical (unpaired) electrons. The van der Waals surface area contributed by atoms with Gasteiger partial charge < -0.3 is 9.64 Å². The number of likely N-dealkylation sites (N-methyl/N-ethyl adjacent to an activating group) is 1. The third kappa shape index (κ3) is 1.86. The highest BCUT2D eigenvalue weighted by Gasteiger charge is 2.46. The van der Waals surface area contributed by atoms with Crippen molar-refractivity contribution in [2.75, 3.05) is 52.3 Å². The zero-order valence-corrected chi connectivity index (χ0v) is 9.68. The molecule has 4 heteroatoms. The van der Waals surface area contributed by atoms with Gasteiger partial charge in [-0.2, -0.15) is 0 Å². The van der Waals surface area contributed by atoms with E-state index in [-0.39, 0.29) is 16.7 Å². The van der Waals surface area contributed by atoms with Crippen LogP contribution in [-0.4, -0.2) is 67.2 Å². The van der Waals surface area contributed by atoms with Gasteiger partial charge in [-0.05, 0) is 19.6 Å². The summed E-state index contributed by atoms with van der Waals surface area (Å²) in [6.45, 7) is 5.42. The van der Waals surface area contributed by atoms with E-state index in [1.807, 2.05) is 0 Å². The van der Waals surface area contributed by atoms with Gasteiger partial charge in [0, 0.05) is 26.2 Å². The Balaban J connectivity index is 1.88. The number of hydrogen-bond donors (Lipinski definition) is 1. The second-order valence-corrected chi connectivity index (χ2v) is 6.70. The van der Waals surface area contributed by atoms with Crippen molar-refractivity contribution in [3.05, 3.63) is 0 Å². The Hall–Kier alpha value is 0.230. The summed E-state index contributed by atoms with van der Waals surface area (Å²) in [7, 11) is 2.19. The average Bonchev–Trinajstić information content (AvgIpc) is 1.99. The van der Waals surface area contributed by atoms with Gasteiger partial charge in [0.15, 0.2) is 0 Å². The molecule has 0 amide bonds. The molecule has 0 N–H and O–H groups in total. The van der Waals surface area contributed by atoms with Crippen LogP contribution in [0.5, 0.6) is 0 Å². The molecule has 0 bridgehead atoms. The minimum absolute atomic E-state index is 0.0948. The molecule has 0 aliphatic carbocycles. The third-order valence-electron chi connectivity index (χ3n) is 2.95. The molecule has 2 aliphatic rings. The minimum atomic E-state index is 0.0948. The van der Waals surface area contributed by atoms with E-state index in [0.717, 1.165) is 32.8 Å². The number of rotatable bonds is 1. The topological polar surface area (TPSA) is 15.7 Å².